The van der Waals surface area contributed by atoms with Crippen molar-refractivity contribution in [2.24, 2.45) is 17.3 Å². The molecule has 0 fully saturated rings. The van der Waals surface area contributed by atoms with Crippen molar-refractivity contribution in [2.45, 2.75) is 6.54 Å². The van der Waals surface area contributed by atoms with E-state index in [4.69, 9.17) is 0 Å². The monoisotopic (exact) mass is 434 g/mol. The van der Waals surface area contributed by atoms with Crippen molar-refractivity contribution in [1.29, 1.82) is 0 Å². The summed E-state index contributed by atoms with van der Waals surface area (Å²) in [5.41, 5.74) is 3.31. The first-order valence-electron chi connectivity index (χ1n) is 8.50. The number of aryl methyl sites for hydroxylation is 1. The molecule has 0 spiro atoms. The molecule has 0 unspecified atom stereocenters. The highest BCUT2D eigenvalue weighted by Gasteiger charge is 2.07. The van der Waals surface area contributed by atoms with Gasteiger partial charge in [-0.3, -0.25) is 4.18 Å². The van der Waals surface area contributed by atoms with Crippen LogP contribution in [0.25, 0.3) is 0 Å². The summed E-state index contributed by atoms with van der Waals surface area (Å²) in [5, 5.41) is 11.4. The molecule has 8 nitrogen and oxygen atoms in total. The number of anilines is 1. The Balaban J connectivity index is 0.000000438. The Hall–Kier alpha value is -2.66. The molecule has 29 heavy (non-hydrogen) atoms. The first-order valence-corrected chi connectivity index (χ1v) is 10.7. The van der Waals surface area contributed by atoms with E-state index in [-0.39, 0.29) is 0 Å². The molecule has 10 heteroatoms. The second kappa shape index (κ2) is 10.8. The average Bonchev–Trinajstić information content (AvgIpc) is 3.12. The smallest absolute Gasteiger partial charge is 0.408 e. The molecule has 0 aliphatic rings. The van der Waals surface area contributed by atoms with Gasteiger partial charge in [-0.25, -0.2) is 13.0 Å². The van der Waals surface area contributed by atoms with E-state index in [2.05, 4.69) is 62.8 Å². The molecule has 3 aromatic rings. The number of thiazole rings is 1. The van der Waals surface area contributed by atoms with E-state index in [1.54, 1.807) is 11.3 Å². The largest absolute Gasteiger partial charge is 0.726 e. The molecule has 0 aliphatic carbocycles. The van der Waals surface area contributed by atoms with Crippen molar-refractivity contribution in [3.05, 3.63) is 71.7 Å². The third-order valence-electron chi connectivity index (χ3n) is 3.77. The SMILES string of the molecule is CN(Cc1ccccc1)c1ccc(N=Nc2scc[n+]2C)cc1.COS(=O)(=O)[O-]. The lowest BCUT2D eigenvalue weighted by Crippen LogP contribution is -2.23. The van der Waals surface area contributed by atoms with Crippen LogP contribution in [-0.2, 0) is 28.2 Å². The van der Waals surface area contributed by atoms with Crippen molar-refractivity contribution in [3.8, 4) is 0 Å². The van der Waals surface area contributed by atoms with Crippen LogP contribution in [0.4, 0.5) is 16.5 Å². The minimum absolute atomic E-state index is 0.808. The zero-order valence-electron chi connectivity index (χ0n) is 16.3. The molecule has 1 aromatic heterocycles. The highest BCUT2D eigenvalue weighted by atomic mass is 32.3. The number of benzene rings is 2. The van der Waals surface area contributed by atoms with Crippen LogP contribution in [0.1, 0.15) is 5.56 Å². The van der Waals surface area contributed by atoms with E-state index in [9.17, 15) is 13.0 Å². The van der Waals surface area contributed by atoms with Gasteiger partial charge in [-0.1, -0.05) is 30.3 Å². The molecule has 0 bridgehead atoms. The predicted octanol–water partition coefficient (Wildman–Crippen LogP) is 3.72. The van der Waals surface area contributed by atoms with Gasteiger partial charge in [-0.05, 0) is 46.3 Å². The predicted molar refractivity (Wildman–Crippen MR) is 111 cm³/mol. The van der Waals surface area contributed by atoms with E-state index >= 15 is 0 Å². The molecule has 0 saturated heterocycles. The highest BCUT2D eigenvalue weighted by molar-refractivity contribution is 7.80. The van der Waals surface area contributed by atoms with Gasteiger partial charge in [0.15, 0.2) is 0 Å². The summed E-state index contributed by atoms with van der Waals surface area (Å²) in [6, 6.07) is 18.6. The summed E-state index contributed by atoms with van der Waals surface area (Å²) in [6.45, 7) is 0.882. The van der Waals surface area contributed by atoms with Crippen LogP contribution in [0.15, 0.2) is 76.4 Å². The van der Waals surface area contributed by atoms with Gasteiger partial charge in [-0.15, -0.1) is 0 Å². The summed E-state index contributed by atoms with van der Waals surface area (Å²) >= 11 is 1.57. The minimum atomic E-state index is -4.41. The Labute approximate surface area is 174 Å². The van der Waals surface area contributed by atoms with Crippen LogP contribution in [0, 0.1) is 0 Å². The molecule has 0 N–H and O–H groups in total. The van der Waals surface area contributed by atoms with Gasteiger partial charge < -0.3 is 9.45 Å². The van der Waals surface area contributed by atoms with Gasteiger partial charge in [0.2, 0.25) is 10.4 Å². The van der Waals surface area contributed by atoms with Gasteiger partial charge in [0, 0.05) is 24.7 Å². The number of aromatic nitrogens is 1. The van der Waals surface area contributed by atoms with Crippen molar-refractivity contribution < 1.29 is 21.7 Å². The molecular formula is C19H22N4O4S2. The van der Waals surface area contributed by atoms with Crippen LogP contribution < -0.4 is 9.47 Å². The molecule has 0 atom stereocenters. The standard InChI is InChI=1S/C18H19N4S.CH4O4S/c1-21-12-13-23-18(21)20-19-16-8-10-17(11-9-16)22(2)14-15-6-4-3-5-7-15;1-5-6(2,3)4/h3-13H,14H2,1-2H3;1H3,(H,2,3,4)/q+1;/p-1. The molecule has 0 saturated carbocycles. The normalized spacial score (nSPS) is 11.2. The second-order valence-corrected chi connectivity index (χ2v) is 7.95. The third-order valence-corrected chi connectivity index (χ3v) is 5.01. The Bertz CT molecular complexity index is 1020. The maximum atomic E-state index is 9.22. The Morgan fingerprint density at radius 2 is 1.72 bits per heavy atom. The molecule has 2 aromatic carbocycles. The van der Waals surface area contributed by atoms with Crippen molar-refractivity contribution in [1.82, 2.24) is 0 Å². The van der Waals surface area contributed by atoms with E-state index in [0.717, 1.165) is 30.2 Å². The molecule has 0 aliphatic heterocycles. The number of azo groups is 1. The summed E-state index contributed by atoms with van der Waals surface area (Å²) in [6.07, 6.45) is 1.97. The van der Waals surface area contributed by atoms with Crippen LogP contribution in [-0.4, -0.2) is 27.1 Å². The first kappa shape index (κ1) is 22.6. The Morgan fingerprint density at radius 1 is 1.10 bits per heavy atom. The molecule has 0 amide bonds. The Kier molecular flexibility index (Phi) is 8.40. The van der Waals surface area contributed by atoms with E-state index in [1.807, 2.05) is 41.4 Å². The number of hydrogen-bond acceptors (Lipinski definition) is 8. The molecular weight excluding hydrogens is 412 g/mol. The first-order chi connectivity index (χ1) is 13.8. The molecule has 3 rings (SSSR count). The van der Waals surface area contributed by atoms with E-state index in [1.165, 1.54) is 5.56 Å². The summed E-state index contributed by atoms with van der Waals surface area (Å²) in [5.74, 6) is 0. The van der Waals surface area contributed by atoms with Crippen LogP contribution in [0.3, 0.4) is 0 Å². The molecule has 1 heterocycles. The highest BCUT2D eigenvalue weighted by Crippen LogP contribution is 2.22. The quantitative estimate of drug-likeness (QED) is 0.255. The number of rotatable bonds is 6. The van der Waals surface area contributed by atoms with E-state index in [0.29, 0.717) is 0 Å². The van der Waals surface area contributed by atoms with Crippen molar-refractivity contribution >= 4 is 38.2 Å². The van der Waals surface area contributed by atoms with Gasteiger partial charge >= 0.3 is 5.13 Å². The van der Waals surface area contributed by atoms with Crippen molar-refractivity contribution in [3.63, 3.8) is 0 Å². The van der Waals surface area contributed by atoms with Crippen LogP contribution in [0.2, 0.25) is 0 Å². The second-order valence-electron chi connectivity index (χ2n) is 5.93. The lowest BCUT2D eigenvalue weighted by molar-refractivity contribution is -0.654. The molecule has 0 radical (unpaired) electrons. The van der Waals surface area contributed by atoms with Gasteiger partial charge in [0.25, 0.3) is 0 Å². The summed E-state index contributed by atoms with van der Waals surface area (Å²) in [7, 11) is 0.453. The van der Waals surface area contributed by atoms with Gasteiger partial charge in [-0.2, -0.15) is 0 Å². The zero-order chi connectivity index (χ0) is 21.3. The Morgan fingerprint density at radius 3 is 2.24 bits per heavy atom. The maximum Gasteiger partial charge on any atom is 0.408 e. The fourth-order valence-corrected chi connectivity index (χ4v) is 2.93. The van der Waals surface area contributed by atoms with Gasteiger partial charge in [0.05, 0.1) is 19.3 Å². The lowest BCUT2D eigenvalue weighted by Gasteiger charge is -2.19. The number of nitrogens with zero attached hydrogens (tertiary/aromatic N) is 4. The average molecular weight is 435 g/mol. The fraction of sp³-hybridized carbons (Fsp3) is 0.211. The summed E-state index contributed by atoms with van der Waals surface area (Å²) < 4.78 is 33.0. The minimum Gasteiger partial charge on any atom is -0.726 e. The third kappa shape index (κ3) is 8.08. The van der Waals surface area contributed by atoms with Crippen molar-refractivity contribution in [2.75, 3.05) is 19.1 Å². The zero-order valence-corrected chi connectivity index (χ0v) is 17.9. The number of hydrogen-bond donors (Lipinski definition) is 0. The van der Waals surface area contributed by atoms with Gasteiger partial charge in [0.1, 0.15) is 11.9 Å². The van der Waals surface area contributed by atoms with E-state index < -0.39 is 10.4 Å². The van der Waals surface area contributed by atoms with Crippen LogP contribution in [0.5, 0.6) is 0 Å². The lowest BCUT2D eigenvalue weighted by atomic mass is 10.2. The topological polar surface area (TPSA) is 98.3 Å². The molecule has 154 valence electrons. The van der Waals surface area contributed by atoms with Crippen LogP contribution >= 0.6 is 11.3 Å². The maximum absolute atomic E-state index is 9.22. The summed E-state index contributed by atoms with van der Waals surface area (Å²) in [4.78, 5) is 2.22. The fourth-order valence-electron chi connectivity index (χ4n) is 2.25.